The maximum Gasteiger partial charge on any atom is 0.244 e. The number of hydrogen-bond donors (Lipinski definition) is 1. The van der Waals surface area contributed by atoms with Gasteiger partial charge in [0.1, 0.15) is 0 Å². The molecule has 1 heterocycles. The van der Waals surface area contributed by atoms with Gasteiger partial charge in [-0.3, -0.25) is 0 Å². The summed E-state index contributed by atoms with van der Waals surface area (Å²) in [7, 11) is -3.50. The number of hydrogen-bond acceptors (Lipinski definition) is 3. The van der Waals surface area contributed by atoms with Gasteiger partial charge in [0.2, 0.25) is 10.0 Å². The molecular formula is C13H18BrNO3S. The summed E-state index contributed by atoms with van der Waals surface area (Å²) in [5.41, 5.74) is 0.603. The highest BCUT2D eigenvalue weighted by atomic mass is 79.9. The van der Waals surface area contributed by atoms with Crippen molar-refractivity contribution in [3.63, 3.8) is 0 Å². The second-order valence-electron chi connectivity index (χ2n) is 4.88. The van der Waals surface area contributed by atoms with E-state index in [0.717, 1.165) is 19.3 Å². The van der Waals surface area contributed by atoms with Crippen LogP contribution in [0.1, 0.15) is 31.7 Å². The molecule has 1 unspecified atom stereocenters. The zero-order chi connectivity index (χ0) is 14.0. The lowest BCUT2D eigenvalue weighted by molar-refractivity contribution is 0.268. The Labute approximate surface area is 122 Å². The molecular weight excluding hydrogens is 330 g/mol. The first-order valence-corrected chi connectivity index (χ1v) is 8.61. The second kappa shape index (κ2) is 5.91. The SMILES string of the molecule is CC1CCCCN1S(=O)(=O)c1cc(CO)ccc1Br. The van der Waals surface area contributed by atoms with Crippen LogP contribution < -0.4 is 0 Å². The summed E-state index contributed by atoms with van der Waals surface area (Å²) in [5.74, 6) is 0. The normalized spacial score (nSPS) is 21.5. The minimum atomic E-state index is -3.50. The van der Waals surface area contributed by atoms with Crippen molar-refractivity contribution in [1.82, 2.24) is 4.31 Å². The predicted octanol–water partition coefficient (Wildman–Crippen LogP) is 2.50. The molecule has 0 aromatic heterocycles. The van der Waals surface area contributed by atoms with E-state index in [1.807, 2.05) is 6.92 Å². The lowest BCUT2D eigenvalue weighted by Gasteiger charge is -2.32. The van der Waals surface area contributed by atoms with E-state index in [1.165, 1.54) is 0 Å². The quantitative estimate of drug-likeness (QED) is 0.913. The minimum Gasteiger partial charge on any atom is -0.392 e. The standard InChI is InChI=1S/C13H18BrNO3S/c1-10-4-2-3-7-15(10)19(17,18)13-8-11(9-16)5-6-12(13)14/h5-6,8,10,16H,2-4,7,9H2,1H3. The van der Waals surface area contributed by atoms with Crippen LogP contribution in [0.2, 0.25) is 0 Å². The molecule has 0 radical (unpaired) electrons. The number of nitrogens with zero attached hydrogens (tertiary/aromatic N) is 1. The Balaban J connectivity index is 2.43. The van der Waals surface area contributed by atoms with Crippen LogP contribution in [0.25, 0.3) is 0 Å². The van der Waals surface area contributed by atoms with Gasteiger partial charge in [-0.2, -0.15) is 4.31 Å². The lowest BCUT2D eigenvalue weighted by Crippen LogP contribution is -2.42. The average Bonchev–Trinajstić information content (AvgIpc) is 2.39. The van der Waals surface area contributed by atoms with Gasteiger partial charge in [0.05, 0.1) is 11.5 Å². The third kappa shape index (κ3) is 3.02. The second-order valence-corrected chi connectivity index (χ2v) is 7.60. The molecule has 106 valence electrons. The highest BCUT2D eigenvalue weighted by Crippen LogP contribution is 2.30. The summed E-state index contributed by atoms with van der Waals surface area (Å²) < 4.78 is 27.5. The van der Waals surface area contributed by atoms with Gasteiger partial charge in [-0.1, -0.05) is 12.5 Å². The average molecular weight is 348 g/mol. The van der Waals surface area contributed by atoms with Crippen LogP contribution in [-0.4, -0.2) is 30.4 Å². The number of halogens is 1. The molecule has 0 amide bonds. The lowest BCUT2D eigenvalue weighted by atomic mass is 10.1. The number of benzene rings is 1. The molecule has 4 nitrogen and oxygen atoms in total. The molecule has 1 saturated heterocycles. The molecule has 1 fully saturated rings. The molecule has 1 aromatic rings. The van der Waals surface area contributed by atoms with E-state index in [4.69, 9.17) is 5.11 Å². The smallest absolute Gasteiger partial charge is 0.244 e. The molecule has 0 saturated carbocycles. The number of sulfonamides is 1. The molecule has 1 aliphatic rings. The number of aliphatic hydroxyl groups excluding tert-OH is 1. The van der Waals surface area contributed by atoms with Gasteiger partial charge < -0.3 is 5.11 Å². The van der Waals surface area contributed by atoms with Gasteiger partial charge in [0.15, 0.2) is 0 Å². The summed E-state index contributed by atoms with van der Waals surface area (Å²) >= 11 is 3.29. The molecule has 1 aliphatic heterocycles. The Morgan fingerprint density at radius 2 is 2.16 bits per heavy atom. The molecule has 1 N–H and O–H groups in total. The van der Waals surface area contributed by atoms with Crippen molar-refractivity contribution in [3.05, 3.63) is 28.2 Å². The van der Waals surface area contributed by atoms with Crippen LogP contribution in [-0.2, 0) is 16.6 Å². The Morgan fingerprint density at radius 1 is 1.42 bits per heavy atom. The van der Waals surface area contributed by atoms with Gasteiger partial charge in [0.25, 0.3) is 0 Å². The minimum absolute atomic E-state index is 0.0310. The van der Waals surface area contributed by atoms with Gasteiger partial charge in [0, 0.05) is 17.1 Å². The summed E-state index contributed by atoms with van der Waals surface area (Å²) in [6.07, 6.45) is 2.88. The van der Waals surface area contributed by atoms with E-state index in [9.17, 15) is 8.42 Å². The van der Waals surface area contributed by atoms with Gasteiger partial charge >= 0.3 is 0 Å². The van der Waals surface area contributed by atoms with Crippen molar-refractivity contribution in [3.8, 4) is 0 Å². The van der Waals surface area contributed by atoms with E-state index in [2.05, 4.69) is 15.9 Å². The maximum absolute atomic E-state index is 12.7. The third-order valence-electron chi connectivity index (χ3n) is 3.51. The Hall–Kier alpha value is -0.430. The Kier molecular flexibility index (Phi) is 4.66. The molecule has 0 aliphatic carbocycles. The monoisotopic (exact) mass is 347 g/mol. The topological polar surface area (TPSA) is 57.6 Å². The number of piperidine rings is 1. The van der Waals surface area contributed by atoms with Crippen molar-refractivity contribution in [2.45, 2.75) is 43.7 Å². The zero-order valence-electron chi connectivity index (χ0n) is 10.8. The van der Waals surface area contributed by atoms with Crippen LogP contribution in [0.5, 0.6) is 0 Å². The van der Waals surface area contributed by atoms with Crippen molar-refractivity contribution >= 4 is 26.0 Å². The first-order valence-electron chi connectivity index (χ1n) is 6.38. The van der Waals surface area contributed by atoms with Gasteiger partial charge in [-0.15, -0.1) is 0 Å². The highest BCUT2D eigenvalue weighted by Gasteiger charge is 2.32. The van der Waals surface area contributed by atoms with Crippen LogP contribution in [0.15, 0.2) is 27.6 Å². The third-order valence-corrected chi connectivity index (χ3v) is 6.51. The molecule has 1 aromatic carbocycles. The molecule has 2 rings (SSSR count). The Morgan fingerprint density at radius 3 is 2.79 bits per heavy atom. The number of aliphatic hydroxyl groups is 1. The molecule has 0 bridgehead atoms. The maximum atomic E-state index is 12.7. The van der Waals surface area contributed by atoms with E-state index < -0.39 is 10.0 Å². The van der Waals surface area contributed by atoms with Crippen molar-refractivity contribution in [2.24, 2.45) is 0 Å². The first-order chi connectivity index (χ1) is 8.96. The molecule has 19 heavy (non-hydrogen) atoms. The van der Waals surface area contributed by atoms with Crippen LogP contribution in [0.4, 0.5) is 0 Å². The van der Waals surface area contributed by atoms with E-state index in [0.29, 0.717) is 16.6 Å². The number of rotatable bonds is 3. The van der Waals surface area contributed by atoms with Crippen LogP contribution in [0.3, 0.4) is 0 Å². The van der Waals surface area contributed by atoms with E-state index in [1.54, 1.807) is 22.5 Å². The molecule has 0 spiro atoms. The van der Waals surface area contributed by atoms with Crippen molar-refractivity contribution in [1.29, 1.82) is 0 Å². The first kappa shape index (κ1) is 15.0. The summed E-state index contributed by atoms with van der Waals surface area (Å²) in [4.78, 5) is 0.243. The van der Waals surface area contributed by atoms with Crippen LogP contribution in [0, 0.1) is 0 Å². The molecule has 6 heteroatoms. The zero-order valence-corrected chi connectivity index (χ0v) is 13.2. The highest BCUT2D eigenvalue weighted by molar-refractivity contribution is 9.10. The fourth-order valence-electron chi connectivity index (χ4n) is 2.40. The largest absolute Gasteiger partial charge is 0.392 e. The summed E-state index contributed by atoms with van der Waals surface area (Å²) in [6, 6.07) is 4.96. The fourth-order valence-corrected chi connectivity index (χ4v) is 5.08. The summed E-state index contributed by atoms with van der Waals surface area (Å²) in [6.45, 7) is 2.35. The predicted molar refractivity (Wildman–Crippen MR) is 77.3 cm³/mol. The van der Waals surface area contributed by atoms with Crippen LogP contribution >= 0.6 is 15.9 Å². The van der Waals surface area contributed by atoms with Gasteiger partial charge in [-0.05, 0) is 53.4 Å². The Bertz CT molecular complexity index is 559. The summed E-state index contributed by atoms with van der Waals surface area (Å²) in [5, 5.41) is 9.16. The molecule has 1 atom stereocenters. The fraction of sp³-hybridized carbons (Fsp3) is 0.538. The van der Waals surface area contributed by atoms with E-state index >= 15 is 0 Å². The van der Waals surface area contributed by atoms with Gasteiger partial charge in [-0.25, -0.2) is 8.42 Å². The van der Waals surface area contributed by atoms with Crippen molar-refractivity contribution < 1.29 is 13.5 Å². The van der Waals surface area contributed by atoms with Crippen molar-refractivity contribution in [2.75, 3.05) is 6.54 Å². The van der Waals surface area contributed by atoms with E-state index in [-0.39, 0.29) is 17.5 Å².